The minimum Gasteiger partial charge on any atom is -0.374 e. The van der Waals surface area contributed by atoms with E-state index in [1.165, 1.54) is 29.7 Å². The molecule has 6 heteroatoms. The van der Waals surface area contributed by atoms with E-state index in [0.29, 0.717) is 12.6 Å². The average Bonchev–Trinajstić information content (AvgIpc) is 3.14. The number of benzene rings is 1. The smallest absolute Gasteiger partial charge is 0.221 e. The fraction of sp³-hybridized carbons (Fsp3) is 0.412. The summed E-state index contributed by atoms with van der Waals surface area (Å²) in [6.45, 7) is 2.24. The Kier molecular flexibility index (Phi) is 4.71. The molecule has 23 heavy (non-hydrogen) atoms. The summed E-state index contributed by atoms with van der Waals surface area (Å²) < 4.78 is 20.9. The molecule has 1 fully saturated rings. The molecule has 1 aromatic heterocycles. The van der Waals surface area contributed by atoms with Gasteiger partial charge in [0.2, 0.25) is 5.95 Å². The van der Waals surface area contributed by atoms with Gasteiger partial charge in [0.1, 0.15) is 5.82 Å². The molecule has 0 saturated heterocycles. The van der Waals surface area contributed by atoms with Crippen molar-refractivity contribution in [2.75, 3.05) is 5.73 Å². The molecule has 122 valence electrons. The highest BCUT2D eigenvalue weighted by Crippen LogP contribution is 2.23. The average molecular weight is 316 g/mol. The van der Waals surface area contributed by atoms with E-state index in [9.17, 15) is 4.39 Å². The first-order valence-electron chi connectivity index (χ1n) is 7.87. The Labute approximate surface area is 135 Å². The Bertz CT molecular complexity index is 705. The maximum absolute atomic E-state index is 13.5. The molecule has 1 aromatic carbocycles. The highest BCUT2D eigenvalue weighted by molar-refractivity contribution is 5.81. The molecule has 0 amide bonds. The van der Waals surface area contributed by atoms with Gasteiger partial charge >= 0.3 is 0 Å². The molecule has 1 saturated carbocycles. The van der Waals surface area contributed by atoms with Crippen LogP contribution in [0, 0.1) is 12.7 Å². The van der Waals surface area contributed by atoms with Crippen LogP contribution in [0.4, 0.5) is 10.3 Å². The Balaban J connectivity index is 1.76. The van der Waals surface area contributed by atoms with Crippen LogP contribution in [0.15, 0.2) is 29.5 Å². The lowest BCUT2D eigenvalue weighted by molar-refractivity contribution is 0.0455. The summed E-state index contributed by atoms with van der Waals surface area (Å²) >= 11 is 0. The topological polar surface area (TPSA) is 65.4 Å². The van der Waals surface area contributed by atoms with Crippen molar-refractivity contribution in [3.8, 4) is 0 Å². The van der Waals surface area contributed by atoms with Crippen LogP contribution in [-0.4, -0.2) is 22.0 Å². The van der Waals surface area contributed by atoms with Crippen LogP contribution in [0.2, 0.25) is 0 Å². The number of nitrogens with two attached hydrogens (primary N) is 1. The molecule has 1 aliphatic rings. The summed E-state index contributed by atoms with van der Waals surface area (Å²) in [6, 6.07) is 4.62. The fourth-order valence-corrected chi connectivity index (χ4v) is 2.81. The van der Waals surface area contributed by atoms with Gasteiger partial charge in [0.15, 0.2) is 0 Å². The Morgan fingerprint density at radius 1 is 1.43 bits per heavy atom. The van der Waals surface area contributed by atoms with Crippen LogP contribution >= 0.6 is 0 Å². The summed E-state index contributed by atoms with van der Waals surface area (Å²) in [7, 11) is 0. The third-order valence-electron chi connectivity index (χ3n) is 4.04. The van der Waals surface area contributed by atoms with Gasteiger partial charge in [-0.3, -0.25) is 0 Å². The number of hydrogen-bond donors (Lipinski definition) is 1. The van der Waals surface area contributed by atoms with Gasteiger partial charge in [0.25, 0.3) is 0 Å². The standard InChI is InChI=1S/C17H21FN4O/c1-12-10-22(17(19)21-12)20-9-13-6-7-15(18)8-14(13)11-23-16-4-2-3-5-16/h6-10,16H,2-5,11H2,1H3,(H2,19,21). The number of nitrogen functional groups attached to an aromatic ring is 1. The van der Waals surface area contributed by atoms with Gasteiger partial charge in [0.05, 0.1) is 30.8 Å². The van der Waals surface area contributed by atoms with Gasteiger partial charge in [0, 0.05) is 5.56 Å². The lowest BCUT2D eigenvalue weighted by Crippen LogP contribution is -2.09. The maximum Gasteiger partial charge on any atom is 0.221 e. The minimum absolute atomic E-state index is 0.273. The normalized spacial score (nSPS) is 15.7. The summed E-state index contributed by atoms with van der Waals surface area (Å²) in [5.41, 5.74) is 8.16. The van der Waals surface area contributed by atoms with E-state index in [4.69, 9.17) is 10.5 Å². The third kappa shape index (κ3) is 3.96. The number of nitrogens with zero attached hydrogens (tertiary/aromatic N) is 3. The summed E-state index contributed by atoms with van der Waals surface area (Å²) in [5, 5.41) is 4.29. The third-order valence-corrected chi connectivity index (χ3v) is 4.04. The predicted molar refractivity (Wildman–Crippen MR) is 87.8 cm³/mol. The molecule has 0 spiro atoms. The molecule has 3 rings (SSSR count). The first-order chi connectivity index (χ1) is 11.1. The number of rotatable bonds is 5. The second-order valence-electron chi connectivity index (χ2n) is 5.89. The Morgan fingerprint density at radius 2 is 2.22 bits per heavy atom. The number of imidazole rings is 1. The molecule has 0 aliphatic heterocycles. The van der Waals surface area contributed by atoms with E-state index < -0.39 is 0 Å². The SMILES string of the molecule is Cc1cn(N=Cc2ccc(F)cc2COC2CCCC2)c(N)n1. The molecule has 0 bridgehead atoms. The van der Waals surface area contributed by atoms with Crippen LogP contribution in [0.1, 0.15) is 42.5 Å². The minimum atomic E-state index is -0.273. The summed E-state index contributed by atoms with van der Waals surface area (Å²) in [6.07, 6.45) is 8.28. The Morgan fingerprint density at radius 3 is 2.91 bits per heavy atom. The van der Waals surface area contributed by atoms with E-state index in [1.807, 2.05) is 6.92 Å². The highest BCUT2D eigenvalue weighted by atomic mass is 19.1. The van der Waals surface area contributed by atoms with Crippen LogP contribution < -0.4 is 5.73 Å². The molecule has 1 heterocycles. The van der Waals surface area contributed by atoms with Crippen molar-refractivity contribution in [2.45, 2.75) is 45.3 Å². The largest absolute Gasteiger partial charge is 0.374 e. The van der Waals surface area contributed by atoms with Crippen LogP contribution in [0.5, 0.6) is 0 Å². The summed E-state index contributed by atoms with van der Waals surface area (Å²) in [5.74, 6) is 0.0507. The van der Waals surface area contributed by atoms with Crippen molar-refractivity contribution in [1.82, 2.24) is 9.66 Å². The molecular weight excluding hydrogens is 295 g/mol. The maximum atomic E-state index is 13.5. The van der Waals surface area contributed by atoms with E-state index >= 15 is 0 Å². The number of aromatic nitrogens is 2. The quantitative estimate of drug-likeness (QED) is 0.861. The lowest BCUT2D eigenvalue weighted by Gasteiger charge is -2.12. The molecule has 2 N–H and O–H groups in total. The van der Waals surface area contributed by atoms with Gasteiger partial charge in [-0.25, -0.2) is 14.1 Å². The number of ether oxygens (including phenoxy) is 1. The van der Waals surface area contributed by atoms with Gasteiger partial charge in [-0.2, -0.15) is 5.10 Å². The fourth-order valence-electron chi connectivity index (χ4n) is 2.81. The molecule has 0 radical (unpaired) electrons. The first-order valence-corrected chi connectivity index (χ1v) is 7.87. The zero-order chi connectivity index (χ0) is 16.2. The van der Waals surface area contributed by atoms with Crippen molar-refractivity contribution < 1.29 is 9.13 Å². The van der Waals surface area contributed by atoms with Crippen molar-refractivity contribution >= 4 is 12.2 Å². The van der Waals surface area contributed by atoms with Crippen molar-refractivity contribution in [3.05, 3.63) is 47.0 Å². The van der Waals surface area contributed by atoms with E-state index in [0.717, 1.165) is 29.7 Å². The molecule has 2 aromatic rings. The zero-order valence-electron chi connectivity index (χ0n) is 13.2. The number of hydrogen-bond acceptors (Lipinski definition) is 4. The number of aryl methyl sites for hydroxylation is 1. The van der Waals surface area contributed by atoms with Gasteiger partial charge in [-0.05, 0) is 37.5 Å². The molecule has 5 nitrogen and oxygen atoms in total. The number of anilines is 1. The molecule has 0 unspecified atom stereocenters. The second kappa shape index (κ2) is 6.91. The van der Waals surface area contributed by atoms with Gasteiger partial charge < -0.3 is 10.5 Å². The highest BCUT2D eigenvalue weighted by Gasteiger charge is 2.16. The van der Waals surface area contributed by atoms with E-state index in [-0.39, 0.29) is 11.9 Å². The van der Waals surface area contributed by atoms with E-state index in [1.54, 1.807) is 18.5 Å². The second-order valence-corrected chi connectivity index (χ2v) is 5.89. The molecule has 1 aliphatic carbocycles. The zero-order valence-corrected chi connectivity index (χ0v) is 13.2. The summed E-state index contributed by atoms with van der Waals surface area (Å²) in [4.78, 5) is 4.09. The Hall–Kier alpha value is -2.21. The monoisotopic (exact) mass is 316 g/mol. The number of halogens is 1. The van der Waals surface area contributed by atoms with Crippen LogP contribution in [0.3, 0.4) is 0 Å². The molecular formula is C17H21FN4O. The lowest BCUT2D eigenvalue weighted by atomic mass is 10.1. The van der Waals surface area contributed by atoms with Crippen LogP contribution in [0.25, 0.3) is 0 Å². The first kappa shape index (κ1) is 15.7. The van der Waals surface area contributed by atoms with Gasteiger partial charge in [-0.1, -0.05) is 18.9 Å². The van der Waals surface area contributed by atoms with E-state index in [2.05, 4.69) is 10.1 Å². The molecule has 0 atom stereocenters. The van der Waals surface area contributed by atoms with Crippen molar-refractivity contribution in [3.63, 3.8) is 0 Å². The van der Waals surface area contributed by atoms with Crippen LogP contribution in [-0.2, 0) is 11.3 Å². The van der Waals surface area contributed by atoms with Crippen molar-refractivity contribution in [2.24, 2.45) is 5.10 Å². The predicted octanol–water partition coefficient (Wildman–Crippen LogP) is 3.25. The van der Waals surface area contributed by atoms with Gasteiger partial charge in [-0.15, -0.1) is 0 Å². The van der Waals surface area contributed by atoms with Crippen molar-refractivity contribution in [1.29, 1.82) is 0 Å².